The van der Waals surface area contributed by atoms with Gasteiger partial charge in [0.2, 0.25) is 0 Å². The minimum absolute atomic E-state index is 0.715. The van der Waals surface area contributed by atoms with E-state index in [4.69, 9.17) is 16.2 Å². The molecule has 0 atom stereocenters. The first-order valence-corrected chi connectivity index (χ1v) is 5.51. The molecule has 1 fully saturated rings. The molecule has 1 rings (SSSR count). The SMILES string of the molecule is CS(=O)(=O)O.ClCC1CNC1. The minimum Gasteiger partial charge on any atom is -0.316 e. The van der Waals surface area contributed by atoms with Crippen LogP contribution in [0, 0.1) is 5.92 Å². The van der Waals surface area contributed by atoms with E-state index in [1.807, 2.05) is 0 Å². The molecule has 4 nitrogen and oxygen atoms in total. The highest BCUT2D eigenvalue weighted by Crippen LogP contribution is 2.02. The van der Waals surface area contributed by atoms with Crippen LogP contribution in [0.2, 0.25) is 0 Å². The second-order valence-corrected chi connectivity index (χ2v) is 4.19. The lowest BCUT2D eigenvalue weighted by Gasteiger charge is -2.23. The third-order valence-corrected chi connectivity index (χ3v) is 1.52. The molecule has 6 heteroatoms. The molecule has 0 bridgehead atoms. The number of nitrogens with one attached hydrogen (secondary N) is 1. The van der Waals surface area contributed by atoms with Gasteiger partial charge in [0.25, 0.3) is 10.1 Å². The quantitative estimate of drug-likeness (QED) is 0.461. The van der Waals surface area contributed by atoms with Gasteiger partial charge in [0, 0.05) is 19.0 Å². The summed E-state index contributed by atoms with van der Waals surface area (Å²) in [5, 5.41) is 3.13. The number of hydrogen-bond donors (Lipinski definition) is 2. The zero-order valence-corrected chi connectivity index (χ0v) is 7.82. The zero-order valence-electron chi connectivity index (χ0n) is 6.25. The molecular formula is C5H12ClNO3S. The Morgan fingerprint density at radius 3 is 2.00 bits per heavy atom. The Labute approximate surface area is 71.7 Å². The third kappa shape index (κ3) is 10.2. The van der Waals surface area contributed by atoms with Crippen LogP contribution in [0.15, 0.2) is 0 Å². The first-order chi connectivity index (χ1) is 4.93. The Balaban J connectivity index is 0.000000187. The van der Waals surface area contributed by atoms with E-state index in [1.165, 1.54) is 0 Å². The largest absolute Gasteiger partial charge is 0.316 e. The number of rotatable bonds is 1. The predicted octanol–water partition coefficient (Wildman–Crippen LogP) is -0.0514. The zero-order chi connectivity index (χ0) is 8.91. The molecule has 2 N–H and O–H groups in total. The molecule has 1 saturated heterocycles. The maximum Gasteiger partial charge on any atom is 0.261 e. The van der Waals surface area contributed by atoms with E-state index in [-0.39, 0.29) is 0 Å². The van der Waals surface area contributed by atoms with Gasteiger partial charge in [0.1, 0.15) is 0 Å². The molecule has 11 heavy (non-hydrogen) atoms. The maximum atomic E-state index is 9.19. The van der Waals surface area contributed by atoms with Crippen molar-refractivity contribution in [3.8, 4) is 0 Å². The molecular weight excluding hydrogens is 190 g/mol. The van der Waals surface area contributed by atoms with Gasteiger partial charge < -0.3 is 5.32 Å². The molecule has 0 unspecified atom stereocenters. The molecule has 1 aliphatic heterocycles. The lowest BCUT2D eigenvalue weighted by Crippen LogP contribution is -2.42. The Morgan fingerprint density at radius 1 is 1.64 bits per heavy atom. The smallest absolute Gasteiger partial charge is 0.261 e. The number of alkyl halides is 1. The molecule has 0 radical (unpaired) electrons. The summed E-state index contributed by atoms with van der Waals surface area (Å²) in [6, 6.07) is 0. The summed E-state index contributed by atoms with van der Waals surface area (Å²) in [6.07, 6.45) is 0.715. The predicted molar refractivity (Wildman–Crippen MR) is 44.6 cm³/mol. The first-order valence-electron chi connectivity index (χ1n) is 3.12. The first kappa shape index (κ1) is 11.2. The highest BCUT2D eigenvalue weighted by Gasteiger charge is 2.13. The van der Waals surface area contributed by atoms with E-state index in [1.54, 1.807) is 0 Å². The molecule has 1 aliphatic rings. The Bertz CT molecular complexity index is 177. The Morgan fingerprint density at radius 2 is 2.00 bits per heavy atom. The van der Waals surface area contributed by atoms with Gasteiger partial charge in [0.15, 0.2) is 0 Å². The summed E-state index contributed by atoms with van der Waals surface area (Å²) < 4.78 is 25.9. The summed E-state index contributed by atoms with van der Waals surface area (Å²) in [7, 11) is -3.67. The molecule has 0 saturated carbocycles. The van der Waals surface area contributed by atoms with Crippen molar-refractivity contribution in [2.45, 2.75) is 0 Å². The van der Waals surface area contributed by atoms with Crippen molar-refractivity contribution in [2.24, 2.45) is 5.92 Å². The number of halogens is 1. The van der Waals surface area contributed by atoms with E-state index in [0.717, 1.165) is 24.9 Å². The van der Waals surface area contributed by atoms with Crippen LogP contribution >= 0.6 is 11.6 Å². The van der Waals surface area contributed by atoms with Gasteiger partial charge in [-0.05, 0) is 5.92 Å². The fourth-order valence-electron chi connectivity index (χ4n) is 0.458. The van der Waals surface area contributed by atoms with Gasteiger partial charge in [0.05, 0.1) is 6.26 Å². The van der Waals surface area contributed by atoms with Crippen LogP contribution in [0.3, 0.4) is 0 Å². The van der Waals surface area contributed by atoms with Crippen molar-refractivity contribution in [1.29, 1.82) is 0 Å². The summed E-state index contributed by atoms with van der Waals surface area (Å²) in [5.74, 6) is 1.60. The van der Waals surface area contributed by atoms with Crippen LogP contribution in [0.5, 0.6) is 0 Å². The lowest BCUT2D eigenvalue weighted by molar-refractivity contribution is 0.383. The molecule has 0 spiro atoms. The van der Waals surface area contributed by atoms with Gasteiger partial charge in [-0.15, -0.1) is 11.6 Å². The highest BCUT2D eigenvalue weighted by molar-refractivity contribution is 7.85. The molecule has 0 aromatic rings. The molecule has 0 amide bonds. The van der Waals surface area contributed by atoms with E-state index in [0.29, 0.717) is 6.26 Å². The summed E-state index contributed by atoms with van der Waals surface area (Å²) in [6.45, 7) is 2.26. The minimum atomic E-state index is -3.67. The van der Waals surface area contributed by atoms with Gasteiger partial charge in [-0.1, -0.05) is 0 Å². The van der Waals surface area contributed by atoms with Crippen LogP contribution in [0.1, 0.15) is 0 Å². The fourth-order valence-corrected chi connectivity index (χ4v) is 0.676. The normalized spacial score (nSPS) is 18.1. The summed E-state index contributed by atoms with van der Waals surface area (Å²) >= 11 is 5.46. The van der Waals surface area contributed by atoms with Gasteiger partial charge >= 0.3 is 0 Å². The molecule has 1 heterocycles. The Kier molecular flexibility index (Phi) is 4.99. The maximum absolute atomic E-state index is 9.19. The van der Waals surface area contributed by atoms with E-state index in [9.17, 15) is 8.42 Å². The fraction of sp³-hybridized carbons (Fsp3) is 1.00. The molecule has 68 valence electrons. The van der Waals surface area contributed by atoms with Crippen molar-refractivity contribution in [3.05, 3.63) is 0 Å². The van der Waals surface area contributed by atoms with Crippen molar-refractivity contribution in [2.75, 3.05) is 25.2 Å². The monoisotopic (exact) mass is 201 g/mol. The average Bonchev–Trinajstić information content (AvgIpc) is 1.55. The topological polar surface area (TPSA) is 66.4 Å². The molecule has 0 aromatic carbocycles. The summed E-state index contributed by atoms with van der Waals surface area (Å²) in [5.41, 5.74) is 0. The standard InChI is InChI=1S/C4H8ClN.CH4O3S/c5-1-4-2-6-3-4;1-5(2,3)4/h4,6H,1-3H2;1H3,(H,2,3,4). The van der Waals surface area contributed by atoms with Gasteiger partial charge in [-0.2, -0.15) is 8.42 Å². The Hall–Kier alpha value is 0.160. The van der Waals surface area contributed by atoms with E-state index >= 15 is 0 Å². The number of hydrogen-bond acceptors (Lipinski definition) is 3. The van der Waals surface area contributed by atoms with Crippen LogP contribution < -0.4 is 5.32 Å². The average molecular weight is 202 g/mol. The third-order valence-electron chi connectivity index (χ3n) is 1.08. The van der Waals surface area contributed by atoms with Crippen LogP contribution in [-0.4, -0.2) is 38.2 Å². The second-order valence-electron chi connectivity index (χ2n) is 2.41. The summed E-state index contributed by atoms with van der Waals surface area (Å²) in [4.78, 5) is 0. The van der Waals surface area contributed by atoms with Crippen LogP contribution in [0.25, 0.3) is 0 Å². The highest BCUT2D eigenvalue weighted by atomic mass is 35.5. The van der Waals surface area contributed by atoms with Gasteiger partial charge in [-0.3, -0.25) is 4.55 Å². The molecule has 0 aromatic heterocycles. The van der Waals surface area contributed by atoms with Gasteiger partial charge in [-0.25, -0.2) is 0 Å². The van der Waals surface area contributed by atoms with E-state index < -0.39 is 10.1 Å². The molecule has 0 aliphatic carbocycles. The van der Waals surface area contributed by atoms with Crippen molar-refractivity contribution < 1.29 is 13.0 Å². The van der Waals surface area contributed by atoms with Crippen molar-refractivity contribution >= 4 is 21.7 Å². The van der Waals surface area contributed by atoms with Crippen LogP contribution in [-0.2, 0) is 10.1 Å². The van der Waals surface area contributed by atoms with Crippen molar-refractivity contribution in [3.63, 3.8) is 0 Å². The lowest BCUT2D eigenvalue weighted by atomic mass is 10.1. The van der Waals surface area contributed by atoms with Crippen molar-refractivity contribution in [1.82, 2.24) is 5.32 Å². The second kappa shape index (κ2) is 4.92. The van der Waals surface area contributed by atoms with E-state index in [2.05, 4.69) is 5.32 Å². The van der Waals surface area contributed by atoms with Crippen LogP contribution in [0.4, 0.5) is 0 Å².